The number of ether oxygens (including phenoxy) is 1. The van der Waals surface area contributed by atoms with Gasteiger partial charge in [0.15, 0.2) is 5.82 Å². The molecule has 1 aromatic rings. The molecule has 2 aliphatic rings. The van der Waals surface area contributed by atoms with Gasteiger partial charge in [0.2, 0.25) is 0 Å². The summed E-state index contributed by atoms with van der Waals surface area (Å²) in [5.74, 6) is -2.21. The Labute approximate surface area is 154 Å². The van der Waals surface area contributed by atoms with Gasteiger partial charge in [0.05, 0.1) is 6.61 Å². The summed E-state index contributed by atoms with van der Waals surface area (Å²) in [7, 11) is -4.25. The first-order valence-corrected chi connectivity index (χ1v) is 9.89. The van der Waals surface area contributed by atoms with Gasteiger partial charge in [-0.15, -0.1) is 0 Å². The molecule has 0 saturated carbocycles. The Hall–Kier alpha value is -2.01. The Morgan fingerprint density at radius 2 is 2.15 bits per heavy atom. The number of aromatic hydroxyl groups is 1. The van der Waals surface area contributed by atoms with Crippen LogP contribution in [-0.4, -0.2) is 39.2 Å². The number of phenolic OH excluding ortho intramolecular Hbond substituents is 1. The van der Waals surface area contributed by atoms with Crippen LogP contribution >= 0.6 is 0 Å². The number of phenols is 1. The number of carbonyl (C=O) groups is 1. The number of carbonyl (C=O) groups excluding carboxylic acids is 1. The number of aryl methyl sites for hydroxylation is 1. The Kier molecular flexibility index (Phi) is 5.52. The molecule has 2 N–H and O–H groups in total. The zero-order valence-electron chi connectivity index (χ0n) is 14.3. The molecule has 1 amide bonds. The molecule has 11 heteroatoms. The van der Waals surface area contributed by atoms with E-state index in [1.165, 1.54) is 6.07 Å². The first kappa shape index (κ1) is 19.7. The summed E-state index contributed by atoms with van der Waals surface area (Å²) in [5.41, 5.74) is 0.307. The summed E-state index contributed by atoms with van der Waals surface area (Å²) >= 11 is 0. The molecule has 7 nitrogen and oxygen atoms in total. The van der Waals surface area contributed by atoms with Gasteiger partial charge in [-0.1, -0.05) is 0 Å². The summed E-state index contributed by atoms with van der Waals surface area (Å²) in [6, 6.07) is 1.32. The van der Waals surface area contributed by atoms with E-state index in [1.807, 2.05) is 0 Å². The van der Waals surface area contributed by atoms with Crippen molar-refractivity contribution in [1.29, 1.82) is 0 Å². The number of rotatable bonds is 6. The number of nitrogens with one attached hydrogen (secondary N) is 1. The zero-order chi connectivity index (χ0) is 19.8. The van der Waals surface area contributed by atoms with E-state index < -0.39 is 46.5 Å². The van der Waals surface area contributed by atoms with Crippen LogP contribution in [0.1, 0.15) is 30.4 Å². The fourth-order valence-corrected chi connectivity index (χ4v) is 4.75. The predicted molar refractivity (Wildman–Crippen MR) is 89.2 cm³/mol. The molecule has 27 heavy (non-hydrogen) atoms. The van der Waals surface area contributed by atoms with Gasteiger partial charge in [0.1, 0.15) is 18.0 Å². The van der Waals surface area contributed by atoms with Crippen LogP contribution in [0.5, 0.6) is 5.75 Å². The third kappa shape index (κ3) is 4.13. The molecule has 1 fully saturated rings. The Morgan fingerprint density at radius 3 is 2.78 bits per heavy atom. The van der Waals surface area contributed by atoms with Crippen molar-refractivity contribution in [2.75, 3.05) is 17.5 Å². The van der Waals surface area contributed by atoms with E-state index in [2.05, 4.69) is 4.74 Å². The fourth-order valence-electron chi connectivity index (χ4n) is 3.58. The first-order valence-electron chi connectivity index (χ1n) is 8.45. The van der Waals surface area contributed by atoms with Gasteiger partial charge >= 0.3 is 16.8 Å². The van der Waals surface area contributed by atoms with Crippen LogP contribution in [0.2, 0.25) is 0 Å². The number of hydrogen-bond donors (Lipinski definition) is 2. The molecule has 0 aromatic heterocycles. The van der Waals surface area contributed by atoms with Gasteiger partial charge in [0.25, 0.3) is 5.91 Å². The highest BCUT2D eigenvalue weighted by atomic mass is 32.2. The van der Waals surface area contributed by atoms with E-state index >= 15 is 4.39 Å². The number of halogens is 3. The number of amides is 1. The molecule has 1 aromatic carbocycles. The van der Waals surface area contributed by atoms with Crippen LogP contribution in [0, 0.1) is 11.7 Å². The molecule has 1 heterocycles. The topological polar surface area (TPSA) is 95.9 Å². The SMILES string of the molecule is O=C1CN(c2c(O)cc3c(c2F)CC(CCCOC(F)F)CC3)S(=O)(=O)N1. The summed E-state index contributed by atoms with van der Waals surface area (Å²) in [5, 5.41) is 10.1. The van der Waals surface area contributed by atoms with Crippen molar-refractivity contribution in [3.05, 3.63) is 23.0 Å². The standard InChI is InChI=1S/C16H19F3N2O5S/c17-14-11-6-9(2-1-5-26-16(18)19)3-4-10(11)7-12(22)15(14)21-8-13(23)20-27(21,24)25/h7,9,16,22H,1-6,8H2,(H,20,23). The Bertz CT molecular complexity index is 847. The predicted octanol–water partition coefficient (Wildman–Crippen LogP) is 1.84. The molecular formula is C16H19F3N2O5S. The van der Waals surface area contributed by atoms with E-state index in [1.54, 1.807) is 4.72 Å². The maximum atomic E-state index is 15.1. The molecule has 0 bridgehead atoms. The lowest BCUT2D eigenvalue weighted by Gasteiger charge is -2.27. The number of fused-ring (bicyclic) bond motifs is 1. The summed E-state index contributed by atoms with van der Waals surface area (Å²) < 4.78 is 69.5. The van der Waals surface area contributed by atoms with Crippen LogP contribution in [0.4, 0.5) is 18.9 Å². The van der Waals surface area contributed by atoms with Crippen molar-refractivity contribution < 1.29 is 36.2 Å². The summed E-state index contributed by atoms with van der Waals surface area (Å²) in [6.07, 6.45) is 2.42. The van der Waals surface area contributed by atoms with Crippen LogP contribution in [0.25, 0.3) is 0 Å². The third-order valence-electron chi connectivity index (χ3n) is 4.80. The van der Waals surface area contributed by atoms with Crippen LogP contribution in [0.3, 0.4) is 0 Å². The fraction of sp³-hybridized carbons (Fsp3) is 0.562. The molecule has 3 rings (SSSR count). The third-order valence-corrected chi connectivity index (χ3v) is 6.18. The van der Waals surface area contributed by atoms with Crippen molar-refractivity contribution in [3.8, 4) is 5.75 Å². The van der Waals surface area contributed by atoms with Gasteiger partial charge in [0, 0.05) is 0 Å². The van der Waals surface area contributed by atoms with Gasteiger partial charge in [-0.25, -0.2) is 13.4 Å². The maximum absolute atomic E-state index is 15.1. The molecule has 0 spiro atoms. The summed E-state index contributed by atoms with van der Waals surface area (Å²) in [6.45, 7) is -3.52. The van der Waals surface area contributed by atoms with E-state index in [0.717, 1.165) is 0 Å². The number of hydrogen-bond acceptors (Lipinski definition) is 5. The Morgan fingerprint density at radius 1 is 1.41 bits per heavy atom. The van der Waals surface area contributed by atoms with Crippen molar-refractivity contribution in [3.63, 3.8) is 0 Å². The average molecular weight is 408 g/mol. The molecule has 1 aliphatic carbocycles. The zero-order valence-corrected chi connectivity index (χ0v) is 15.1. The number of anilines is 1. The first-order chi connectivity index (χ1) is 12.7. The van der Waals surface area contributed by atoms with E-state index in [9.17, 15) is 27.1 Å². The molecule has 1 aliphatic heterocycles. The van der Waals surface area contributed by atoms with Crippen molar-refractivity contribution in [2.24, 2.45) is 5.92 Å². The highest BCUT2D eigenvalue weighted by Crippen LogP contribution is 2.41. The lowest BCUT2D eigenvalue weighted by molar-refractivity contribution is -0.129. The lowest BCUT2D eigenvalue weighted by atomic mass is 9.81. The normalized spacial score (nSPS) is 21.4. The molecule has 1 unspecified atom stereocenters. The monoisotopic (exact) mass is 408 g/mol. The maximum Gasteiger partial charge on any atom is 0.345 e. The lowest BCUT2D eigenvalue weighted by Crippen LogP contribution is -2.31. The van der Waals surface area contributed by atoms with E-state index in [0.29, 0.717) is 42.0 Å². The average Bonchev–Trinajstić information content (AvgIpc) is 2.84. The quantitative estimate of drug-likeness (QED) is 0.701. The molecule has 1 atom stereocenters. The number of alkyl halides is 2. The largest absolute Gasteiger partial charge is 0.506 e. The number of benzene rings is 1. The minimum absolute atomic E-state index is 0.0283. The highest BCUT2D eigenvalue weighted by molar-refractivity contribution is 7.92. The second-order valence-electron chi connectivity index (χ2n) is 6.62. The van der Waals surface area contributed by atoms with Gasteiger partial charge < -0.3 is 9.84 Å². The van der Waals surface area contributed by atoms with Crippen molar-refractivity contribution >= 4 is 21.8 Å². The second kappa shape index (κ2) is 7.55. The van der Waals surface area contributed by atoms with Gasteiger partial charge in [-0.3, -0.25) is 4.79 Å². The minimum Gasteiger partial charge on any atom is -0.506 e. The van der Waals surface area contributed by atoms with Crippen molar-refractivity contribution in [1.82, 2.24) is 4.72 Å². The number of nitrogens with zero attached hydrogens (tertiary/aromatic N) is 1. The minimum atomic E-state index is -4.25. The molecule has 1 saturated heterocycles. The van der Waals surface area contributed by atoms with Crippen LogP contribution in [-0.2, 0) is 32.6 Å². The smallest absolute Gasteiger partial charge is 0.345 e. The Balaban J connectivity index is 1.81. The highest BCUT2D eigenvalue weighted by Gasteiger charge is 2.39. The van der Waals surface area contributed by atoms with Crippen LogP contribution in [0.15, 0.2) is 6.07 Å². The molecular weight excluding hydrogens is 389 g/mol. The second-order valence-corrected chi connectivity index (χ2v) is 8.21. The van der Waals surface area contributed by atoms with Gasteiger partial charge in [-0.2, -0.15) is 17.2 Å². The molecule has 150 valence electrons. The van der Waals surface area contributed by atoms with Crippen LogP contribution < -0.4 is 9.03 Å². The molecule has 0 radical (unpaired) electrons. The van der Waals surface area contributed by atoms with Gasteiger partial charge in [-0.05, 0) is 55.2 Å². The van der Waals surface area contributed by atoms with Crippen molar-refractivity contribution in [2.45, 2.75) is 38.7 Å². The summed E-state index contributed by atoms with van der Waals surface area (Å²) in [4.78, 5) is 11.4. The van der Waals surface area contributed by atoms with E-state index in [4.69, 9.17) is 0 Å². The van der Waals surface area contributed by atoms with E-state index in [-0.39, 0.29) is 18.1 Å².